The average Bonchev–Trinajstić information content (AvgIpc) is 2.65. The highest BCUT2D eigenvalue weighted by atomic mass is 35.5. The molecule has 2 aromatic rings. The molecule has 0 saturated carbocycles. The van der Waals surface area contributed by atoms with Crippen molar-refractivity contribution >= 4 is 35.8 Å². The van der Waals surface area contributed by atoms with E-state index in [9.17, 15) is 4.79 Å². The van der Waals surface area contributed by atoms with Gasteiger partial charge in [-0.3, -0.25) is 4.79 Å². The fourth-order valence-corrected chi connectivity index (χ4v) is 3.53. The summed E-state index contributed by atoms with van der Waals surface area (Å²) >= 11 is 1.69. The van der Waals surface area contributed by atoms with Crippen LogP contribution in [0.3, 0.4) is 0 Å². The van der Waals surface area contributed by atoms with Gasteiger partial charge in [0.25, 0.3) is 0 Å². The maximum absolute atomic E-state index is 12.2. The molecule has 25 heavy (non-hydrogen) atoms. The van der Waals surface area contributed by atoms with Gasteiger partial charge in [0.1, 0.15) is 5.75 Å². The molecule has 0 bridgehead atoms. The highest BCUT2D eigenvalue weighted by Crippen LogP contribution is 2.30. The maximum Gasteiger partial charge on any atom is 0.227 e. The van der Waals surface area contributed by atoms with Gasteiger partial charge in [-0.15, -0.1) is 12.4 Å². The number of ether oxygens (including phenoxy) is 1. The van der Waals surface area contributed by atoms with E-state index < -0.39 is 0 Å². The first-order valence-corrected chi connectivity index (χ1v) is 9.00. The number of carbonyl (C=O) groups excluding carboxylic acids is 1. The number of anilines is 1. The Bertz CT molecular complexity index is 671. The van der Waals surface area contributed by atoms with Crippen molar-refractivity contribution < 1.29 is 9.53 Å². The molecule has 1 aliphatic rings. The number of nitrogens with one attached hydrogen (secondary N) is 2. The number of benzene rings is 2. The van der Waals surface area contributed by atoms with Crippen molar-refractivity contribution in [1.29, 1.82) is 0 Å². The number of rotatable bonds is 5. The van der Waals surface area contributed by atoms with Crippen molar-refractivity contribution in [3.63, 3.8) is 0 Å². The highest BCUT2D eigenvalue weighted by Gasteiger charge is 2.20. The largest absolute Gasteiger partial charge is 0.497 e. The molecule has 2 N–H and O–H groups in total. The zero-order valence-corrected chi connectivity index (χ0v) is 15.8. The second kappa shape index (κ2) is 9.70. The third-order valence-corrected chi connectivity index (χ3v) is 5.14. The molecule has 6 heteroatoms. The molecule has 0 radical (unpaired) electrons. The van der Waals surface area contributed by atoms with Gasteiger partial charge in [0.05, 0.1) is 7.11 Å². The van der Waals surface area contributed by atoms with Crippen molar-refractivity contribution in [2.45, 2.75) is 22.6 Å². The number of methoxy groups -OCH3 is 1. The predicted octanol–water partition coefficient (Wildman–Crippen LogP) is 4.21. The van der Waals surface area contributed by atoms with Gasteiger partial charge in [-0.05, 0) is 74.5 Å². The first-order valence-electron chi connectivity index (χ1n) is 8.18. The van der Waals surface area contributed by atoms with Crippen LogP contribution in [0.2, 0.25) is 0 Å². The molecule has 2 aromatic carbocycles. The number of amides is 1. The summed E-state index contributed by atoms with van der Waals surface area (Å²) in [6.07, 6.45) is 1.83. The van der Waals surface area contributed by atoms with Crippen LogP contribution in [0.4, 0.5) is 5.69 Å². The maximum atomic E-state index is 12.2. The van der Waals surface area contributed by atoms with E-state index in [1.807, 2.05) is 48.5 Å². The Hall–Kier alpha value is -1.69. The Labute approximate surface area is 159 Å². The molecule has 0 atom stereocenters. The molecule has 1 amide bonds. The molecule has 1 aliphatic heterocycles. The topological polar surface area (TPSA) is 50.4 Å². The minimum absolute atomic E-state index is 0. The number of halogens is 1. The summed E-state index contributed by atoms with van der Waals surface area (Å²) in [5.41, 5.74) is 0.859. The highest BCUT2D eigenvalue weighted by molar-refractivity contribution is 7.99. The zero-order valence-electron chi connectivity index (χ0n) is 14.2. The van der Waals surface area contributed by atoms with E-state index in [1.165, 1.54) is 0 Å². The molecule has 1 heterocycles. The summed E-state index contributed by atoms with van der Waals surface area (Å²) in [6, 6.07) is 16.0. The monoisotopic (exact) mass is 378 g/mol. The minimum atomic E-state index is 0. The molecule has 1 saturated heterocycles. The van der Waals surface area contributed by atoms with Crippen LogP contribution in [-0.2, 0) is 4.79 Å². The summed E-state index contributed by atoms with van der Waals surface area (Å²) in [4.78, 5) is 14.5. The number of hydrogen-bond acceptors (Lipinski definition) is 4. The van der Waals surface area contributed by atoms with Gasteiger partial charge in [-0.2, -0.15) is 0 Å². The van der Waals surface area contributed by atoms with Crippen LogP contribution in [0.1, 0.15) is 12.8 Å². The SMILES string of the molecule is COc1ccc(Sc2ccc(NC(=O)C3CCNCC3)cc2)cc1.Cl. The standard InChI is InChI=1S/C19H22N2O2S.ClH/c1-23-16-4-8-18(9-5-16)24-17-6-2-15(3-7-17)21-19(22)14-10-12-20-13-11-14;/h2-9,14,20H,10-13H2,1H3,(H,21,22);1H. The lowest BCUT2D eigenvalue weighted by Gasteiger charge is -2.21. The Balaban J connectivity index is 0.00000225. The van der Waals surface area contributed by atoms with Crippen molar-refractivity contribution in [2.75, 3.05) is 25.5 Å². The van der Waals surface area contributed by atoms with Gasteiger partial charge in [0.2, 0.25) is 5.91 Å². The number of piperidine rings is 1. The van der Waals surface area contributed by atoms with Crippen LogP contribution >= 0.6 is 24.2 Å². The second-order valence-corrected chi connectivity index (χ2v) is 6.96. The van der Waals surface area contributed by atoms with E-state index in [1.54, 1.807) is 18.9 Å². The lowest BCUT2D eigenvalue weighted by Crippen LogP contribution is -2.34. The van der Waals surface area contributed by atoms with E-state index >= 15 is 0 Å². The predicted molar refractivity (Wildman–Crippen MR) is 105 cm³/mol. The summed E-state index contributed by atoms with van der Waals surface area (Å²) in [5, 5.41) is 6.31. The minimum Gasteiger partial charge on any atom is -0.497 e. The second-order valence-electron chi connectivity index (χ2n) is 5.82. The van der Waals surface area contributed by atoms with Gasteiger partial charge in [-0.25, -0.2) is 0 Å². The van der Waals surface area contributed by atoms with Crippen LogP contribution in [0.25, 0.3) is 0 Å². The molecule has 0 unspecified atom stereocenters. The average molecular weight is 379 g/mol. The van der Waals surface area contributed by atoms with Crippen molar-refractivity contribution in [1.82, 2.24) is 5.32 Å². The summed E-state index contributed by atoms with van der Waals surface area (Å²) in [7, 11) is 1.67. The first-order chi connectivity index (χ1) is 11.7. The van der Waals surface area contributed by atoms with E-state index in [0.717, 1.165) is 47.2 Å². The summed E-state index contributed by atoms with van der Waals surface area (Å²) in [5.74, 6) is 1.11. The van der Waals surface area contributed by atoms with Crippen LogP contribution in [0.5, 0.6) is 5.75 Å². The van der Waals surface area contributed by atoms with E-state index in [2.05, 4.69) is 10.6 Å². The summed E-state index contributed by atoms with van der Waals surface area (Å²) in [6.45, 7) is 1.85. The number of hydrogen-bond donors (Lipinski definition) is 2. The van der Waals surface area contributed by atoms with Gasteiger partial charge in [0.15, 0.2) is 0 Å². The quantitative estimate of drug-likeness (QED) is 0.818. The molecule has 3 rings (SSSR count). The van der Waals surface area contributed by atoms with Crippen LogP contribution < -0.4 is 15.4 Å². The van der Waals surface area contributed by atoms with E-state index in [4.69, 9.17) is 4.74 Å². The third kappa shape index (κ3) is 5.66. The number of carbonyl (C=O) groups is 1. The first kappa shape index (κ1) is 19.6. The lowest BCUT2D eigenvalue weighted by molar-refractivity contribution is -0.120. The smallest absolute Gasteiger partial charge is 0.227 e. The Morgan fingerprint density at radius 3 is 2.16 bits per heavy atom. The Morgan fingerprint density at radius 2 is 1.60 bits per heavy atom. The van der Waals surface area contributed by atoms with Crippen molar-refractivity contribution in [3.05, 3.63) is 48.5 Å². The van der Waals surface area contributed by atoms with Gasteiger partial charge in [0, 0.05) is 21.4 Å². The van der Waals surface area contributed by atoms with E-state index in [0.29, 0.717) is 0 Å². The zero-order chi connectivity index (χ0) is 16.8. The molecular weight excluding hydrogens is 356 g/mol. The molecule has 0 aromatic heterocycles. The van der Waals surface area contributed by atoms with Crippen molar-refractivity contribution in [2.24, 2.45) is 5.92 Å². The fraction of sp³-hybridized carbons (Fsp3) is 0.316. The Morgan fingerprint density at radius 1 is 1.04 bits per heavy atom. The molecule has 1 fully saturated rings. The fourth-order valence-electron chi connectivity index (χ4n) is 2.71. The van der Waals surface area contributed by atoms with Gasteiger partial charge < -0.3 is 15.4 Å². The van der Waals surface area contributed by atoms with Crippen LogP contribution in [0.15, 0.2) is 58.3 Å². The third-order valence-electron chi connectivity index (χ3n) is 4.13. The normalized spacial score (nSPS) is 14.4. The Kier molecular flexibility index (Phi) is 7.62. The van der Waals surface area contributed by atoms with E-state index in [-0.39, 0.29) is 24.2 Å². The van der Waals surface area contributed by atoms with Crippen LogP contribution in [0, 0.1) is 5.92 Å². The summed E-state index contributed by atoms with van der Waals surface area (Å²) < 4.78 is 5.17. The van der Waals surface area contributed by atoms with Gasteiger partial charge in [-0.1, -0.05) is 11.8 Å². The molecule has 134 valence electrons. The van der Waals surface area contributed by atoms with Crippen LogP contribution in [-0.4, -0.2) is 26.1 Å². The van der Waals surface area contributed by atoms with Gasteiger partial charge >= 0.3 is 0 Å². The molecular formula is C19H23ClN2O2S. The lowest BCUT2D eigenvalue weighted by atomic mass is 9.97. The molecule has 0 aliphatic carbocycles. The molecule has 0 spiro atoms. The van der Waals surface area contributed by atoms with Crippen molar-refractivity contribution in [3.8, 4) is 5.75 Å². The molecule has 4 nitrogen and oxygen atoms in total.